The van der Waals surface area contributed by atoms with Gasteiger partial charge in [-0.05, 0) is 49.6 Å². The topological polar surface area (TPSA) is 69.5 Å². The van der Waals surface area contributed by atoms with Crippen molar-refractivity contribution >= 4 is 39.1 Å². The van der Waals surface area contributed by atoms with Crippen LogP contribution in [-0.2, 0) is 18.4 Å². The first-order valence-electron chi connectivity index (χ1n) is 12.0. The van der Waals surface area contributed by atoms with Crippen LogP contribution in [0.4, 0.5) is 11.4 Å². The third-order valence-corrected chi connectivity index (χ3v) is 7.03. The molecule has 0 saturated carbocycles. The van der Waals surface area contributed by atoms with Crippen molar-refractivity contribution in [2.24, 2.45) is 7.05 Å². The van der Waals surface area contributed by atoms with E-state index in [-0.39, 0.29) is 12.5 Å². The number of aromatic nitrogens is 1. The molecule has 6 heteroatoms. The molecular formula is C28H32N4O2. The van der Waals surface area contributed by atoms with Crippen LogP contribution in [0.25, 0.3) is 21.8 Å². The van der Waals surface area contributed by atoms with E-state index >= 15 is 0 Å². The molecule has 34 heavy (non-hydrogen) atoms. The number of anilines is 2. The molecule has 0 aliphatic carbocycles. The summed E-state index contributed by atoms with van der Waals surface area (Å²) in [6.07, 6.45) is 1.93. The average molecular weight is 457 g/mol. The first-order valence-corrected chi connectivity index (χ1v) is 12.0. The molecule has 176 valence electrons. The van der Waals surface area contributed by atoms with Gasteiger partial charge in [-0.3, -0.25) is 9.69 Å². The van der Waals surface area contributed by atoms with Gasteiger partial charge in [0.25, 0.3) is 0 Å². The van der Waals surface area contributed by atoms with Crippen molar-refractivity contribution < 1.29 is 9.90 Å². The van der Waals surface area contributed by atoms with E-state index in [0.717, 1.165) is 59.3 Å². The lowest BCUT2D eigenvalue weighted by atomic mass is 10.0. The van der Waals surface area contributed by atoms with Gasteiger partial charge < -0.3 is 20.3 Å². The molecule has 1 aliphatic heterocycles. The fourth-order valence-corrected chi connectivity index (χ4v) is 5.16. The fraction of sp³-hybridized carbons (Fsp3) is 0.321. The summed E-state index contributed by atoms with van der Waals surface area (Å²) in [5.74, 6) is 0.0208. The average Bonchev–Trinajstić information content (AvgIpc) is 3.13. The number of nitrogens with one attached hydrogen (secondary N) is 2. The molecule has 1 aromatic heterocycles. The maximum Gasteiger partial charge on any atom is 0.238 e. The zero-order valence-electron chi connectivity index (χ0n) is 19.8. The van der Waals surface area contributed by atoms with Crippen LogP contribution in [-0.4, -0.2) is 46.2 Å². The van der Waals surface area contributed by atoms with Gasteiger partial charge in [-0.15, -0.1) is 0 Å². The molecule has 3 N–H and O–H groups in total. The predicted octanol–water partition coefficient (Wildman–Crippen LogP) is 4.65. The Labute approximate surface area is 200 Å². The minimum atomic E-state index is 0.0208. The van der Waals surface area contributed by atoms with Crippen LogP contribution in [0.1, 0.15) is 24.0 Å². The number of aliphatic hydroxyl groups is 1. The highest BCUT2D eigenvalue weighted by molar-refractivity contribution is 6.09. The van der Waals surface area contributed by atoms with Crippen LogP contribution in [0.2, 0.25) is 0 Å². The van der Waals surface area contributed by atoms with Crippen LogP contribution in [0, 0.1) is 6.92 Å². The highest BCUT2D eigenvalue weighted by atomic mass is 16.3. The Morgan fingerprint density at radius 3 is 2.56 bits per heavy atom. The highest BCUT2D eigenvalue weighted by Crippen LogP contribution is 2.30. The van der Waals surface area contributed by atoms with Gasteiger partial charge in [0.15, 0.2) is 0 Å². The zero-order valence-corrected chi connectivity index (χ0v) is 19.8. The number of fused-ring (bicyclic) bond motifs is 3. The van der Waals surface area contributed by atoms with Gasteiger partial charge in [-0.1, -0.05) is 36.4 Å². The number of aliphatic hydroxyl groups excluding tert-OH is 1. The largest absolute Gasteiger partial charge is 0.392 e. The number of aryl methyl sites for hydroxylation is 2. The predicted molar refractivity (Wildman–Crippen MR) is 139 cm³/mol. The number of likely N-dealkylation sites (tertiary alicyclic amines) is 1. The monoisotopic (exact) mass is 456 g/mol. The van der Waals surface area contributed by atoms with E-state index in [9.17, 15) is 9.90 Å². The Balaban J connectivity index is 1.19. The molecule has 0 radical (unpaired) electrons. The number of nitrogens with zero attached hydrogens (tertiary/aromatic N) is 2. The van der Waals surface area contributed by atoms with Crippen LogP contribution < -0.4 is 10.6 Å². The Morgan fingerprint density at radius 1 is 1.00 bits per heavy atom. The summed E-state index contributed by atoms with van der Waals surface area (Å²) in [5.41, 5.74) is 6.31. The van der Waals surface area contributed by atoms with Crippen LogP contribution in [0.3, 0.4) is 0 Å². The van der Waals surface area contributed by atoms with Crippen molar-refractivity contribution in [1.29, 1.82) is 0 Å². The fourth-order valence-electron chi connectivity index (χ4n) is 5.16. The van der Waals surface area contributed by atoms with Gasteiger partial charge in [-0.2, -0.15) is 0 Å². The summed E-state index contributed by atoms with van der Waals surface area (Å²) in [5, 5.41) is 18.7. The number of carbonyl (C=O) groups excluding carboxylic acids is 1. The lowest BCUT2D eigenvalue weighted by Crippen LogP contribution is -2.42. The smallest absolute Gasteiger partial charge is 0.238 e. The van der Waals surface area contributed by atoms with Crippen molar-refractivity contribution in [3.05, 3.63) is 71.8 Å². The van der Waals surface area contributed by atoms with Crippen molar-refractivity contribution in [1.82, 2.24) is 9.47 Å². The third kappa shape index (κ3) is 4.39. The molecule has 0 atom stereocenters. The molecule has 0 unspecified atom stereocenters. The highest BCUT2D eigenvalue weighted by Gasteiger charge is 2.22. The Morgan fingerprint density at radius 2 is 1.76 bits per heavy atom. The number of amides is 1. The quantitative estimate of drug-likeness (QED) is 0.395. The second-order valence-corrected chi connectivity index (χ2v) is 9.32. The number of piperidine rings is 1. The molecule has 1 amide bonds. The molecule has 1 aliphatic rings. The first kappa shape index (κ1) is 22.4. The molecule has 5 rings (SSSR count). The first-order chi connectivity index (χ1) is 16.5. The normalized spacial score (nSPS) is 15.1. The Hall–Kier alpha value is -3.35. The van der Waals surface area contributed by atoms with Crippen LogP contribution in [0.5, 0.6) is 0 Å². The van der Waals surface area contributed by atoms with E-state index < -0.39 is 0 Å². The lowest BCUT2D eigenvalue weighted by Gasteiger charge is -2.33. The van der Waals surface area contributed by atoms with Crippen molar-refractivity contribution in [2.75, 3.05) is 30.3 Å². The van der Waals surface area contributed by atoms with Crippen LogP contribution >= 0.6 is 0 Å². The molecule has 6 nitrogen and oxygen atoms in total. The molecule has 2 heterocycles. The minimum Gasteiger partial charge on any atom is -0.392 e. The van der Waals surface area contributed by atoms with Crippen molar-refractivity contribution in [3.8, 4) is 0 Å². The van der Waals surface area contributed by atoms with E-state index in [1.807, 2.05) is 18.2 Å². The molecule has 1 saturated heterocycles. The van der Waals surface area contributed by atoms with E-state index in [1.165, 1.54) is 10.9 Å². The van der Waals surface area contributed by atoms with Gasteiger partial charge in [0.05, 0.1) is 13.2 Å². The maximum atomic E-state index is 12.8. The van der Waals surface area contributed by atoms with Gasteiger partial charge in [0, 0.05) is 64.9 Å². The van der Waals surface area contributed by atoms with Gasteiger partial charge in [-0.25, -0.2) is 0 Å². The molecule has 3 aromatic carbocycles. The third-order valence-electron chi connectivity index (χ3n) is 7.03. The second-order valence-electron chi connectivity index (χ2n) is 9.32. The van der Waals surface area contributed by atoms with Gasteiger partial charge in [0.2, 0.25) is 5.91 Å². The van der Waals surface area contributed by atoms with Crippen molar-refractivity contribution in [2.45, 2.75) is 32.4 Å². The summed E-state index contributed by atoms with van der Waals surface area (Å²) >= 11 is 0. The number of carbonyl (C=O) groups is 1. The standard InChI is InChI=1S/C28H32N4O2/c1-19-6-5-7-20(18-33)28(19)30-21-12-14-32(15-13-21)17-27(34)29-22-10-11-26-24(16-22)23-8-3-4-9-25(23)31(26)2/h3-11,16,21,30,33H,12-15,17-18H2,1-2H3,(H,29,34). The van der Waals surface area contributed by atoms with Crippen molar-refractivity contribution in [3.63, 3.8) is 0 Å². The van der Waals surface area contributed by atoms with E-state index in [1.54, 1.807) is 0 Å². The number of rotatable bonds is 6. The molecular weight excluding hydrogens is 424 g/mol. The van der Waals surface area contributed by atoms with Gasteiger partial charge in [0.1, 0.15) is 0 Å². The number of hydrogen-bond acceptors (Lipinski definition) is 4. The summed E-state index contributed by atoms with van der Waals surface area (Å²) < 4.78 is 2.19. The summed E-state index contributed by atoms with van der Waals surface area (Å²) in [4.78, 5) is 15.0. The zero-order chi connectivity index (χ0) is 23.7. The number of hydrogen-bond donors (Lipinski definition) is 3. The minimum absolute atomic E-state index is 0.0208. The van der Waals surface area contributed by atoms with E-state index in [0.29, 0.717) is 12.6 Å². The maximum absolute atomic E-state index is 12.8. The van der Waals surface area contributed by atoms with Crippen LogP contribution in [0.15, 0.2) is 60.7 Å². The molecule has 0 bridgehead atoms. The molecule has 0 spiro atoms. The van der Waals surface area contributed by atoms with E-state index in [2.05, 4.69) is 76.5 Å². The second kappa shape index (κ2) is 9.49. The SMILES string of the molecule is Cc1cccc(CO)c1NC1CCN(CC(=O)Nc2ccc3c(c2)c2ccccc2n3C)CC1. The number of para-hydroxylation sites is 2. The van der Waals surface area contributed by atoms with Gasteiger partial charge >= 0.3 is 0 Å². The summed E-state index contributed by atoms with van der Waals surface area (Å²) in [6, 6.07) is 20.8. The summed E-state index contributed by atoms with van der Waals surface area (Å²) in [7, 11) is 2.07. The molecule has 1 fully saturated rings. The molecule has 4 aromatic rings. The Bertz CT molecular complexity index is 1340. The summed E-state index contributed by atoms with van der Waals surface area (Å²) in [6.45, 7) is 4.23. The number of benzene rings is 3. The Kier molecular flexibility index (Phi) is 6.26. The lowest BCUT2D eigenvalue weighted by molar-refractivity contribution is -0.117. The van der Waals surface area contributed by atoms with E-state index in [4.69, 9.17) is 0 Å².